The summed E-state index contributed by atoms with van der Waals surface area (Å²) in [6, 6.07) is 13.2. The van der Waals surface area contributed by atoms with E-state index < -0.39 is 16.8 Å². The molecule has 1 aliphatic rings. The van der Waals surface area contributed by atoms with Gasteiger partial charge in [-0.05, 0) is 48.1 Å². The number of nitro benzene ring substituents is 1. The number of esters is 1. The van der Waals surface area contributed by atoms with Gasteiger partial charge in [0.2, 0.25) is 0 Å². The van der Waals surface area contributed by atoms with Gasteiger partial charge in [0.25, 0.3) is 11.2 Å². The first-order chi connectivity index (χ1) is 17.3. The lowest BCUT2D eigenvalue weighted by Gasteiger charge is -2.28. The molecule has 0 radical (unpaired) electrons. The molecule has 0 fully saturated rings. The van der Waals surface area contributed by atoms with Gasteiger partial charge in [-0.1, -0.05) is 30.8 Å². The Bertz CT molecular complexity index is 1380. The van der Waals surface area contributed by atoms with E-state index in [1.807, 2.05) is 6.92 Å². The number of H-pyrrole nitrogens is 1. The minimum atomic E-state index is -0.686. The largest absolute Gasteiger partial charge is 0.489 e. The number of benzene rings is 2. The van der Waals surface area contributed by atoms with E-state index in [1.165, 1.54) is 31.0 Å². The monoisotopic (exact) mass is 508 g/mol. The average molecular weight is 509 g/mol. The van der Waals surface area contributed by atoms with E-state index in [9.17, 15) is 19.7 Å². The molecule has 0 bridgehead atoms. The van der Waals surface area contributed by atoms with Crippen LogP contribution in [0, 0.1) is 10.1 Å². The van der Waals surface area contributed by atoms with Crippen molar-refractivity contribution in [2.24, 2.45) is 0 Å². The summed E-state index contributed by atoms with van der Waals surface area (Å²) >= 11 is 1.42. The van der Waals surface area contributed by atoms with Gasteiger partial charge in [-0.15, -0.1) is 0 Å². The molecular weight excluding hydrogens is 484 g/mol. The van der Waals surface area contributed by atoms with Crippen LogP contribution in [-0.2, 0) is 16.1 Å². The molecule has 0 spiro atoms. The molecule has 10 nitrogen and oxygen atoms in total. The summed E-state index contributed by atoms with van der Waals surface area (Å²) in [5, 5.41) is 14.4. The van der Waals surface area contributed by atoms with E-state index in [0.29, 0.717) is 39.1 Å². The van der Waals surface area contributed by atoms with Gasteiger partial charge in [-0.25, -0.2) is 9.78 Å². The summed E-state index contributed by atoms with van der Waals surface area (Å²) in [5.74, 6) is 0.487. The van der Waals surface area contributed by atoms with Gasteiger partial charge in [-0.3, -0.25) is 14.9 Å². The van der Waals surface area contributed by atoms with Crippen molar-refractivity contribution >= 4 is 29.2 Å². The molecule has 1 aliphatic heterocycles. The highest BCUT2D eigenvalue weighted by atomic mass is 32.2. The van der Waals surface area contributed by atoms with Crippen molar-refractivity contribution in [1.29, 1.82) is 0 Å². The minimum Gasteiger partial charge on any atom is -0.489 e. The number of carbonyl (C=O) groups excluding carboxylic acids is 1. The van der Waals surface area contributed by atoms with Crippen molar-refractivity contribution < 1.29 is 19.2 Å². The minimum absolute atomic E-state index is 0.0139. The molecule has 4 rings (SSSR count). The Morgan fingerprint density at radius 2 is 1.86 bits per heavy atom. The van der Waals surface area contributed by atoms with Crippen molar-refractivity contribution in [3.63, 3.8) is 0 Å². The standard InChI is InChI=1S/C25H24N4O6S/c1-4-36-25-27-22-21(23(30)28-25)20(19(14(2)26-22)24(31)34-3)16-7-11-18(12-8-16)35-13-15-5-9-17(10-6-15)29(32)33/h5-12,20H,4,13H2,1-3H3,(H2,26,27,28,30). The van der Waals surface area contributed by atoms with E-state index in [1.54, 1.807) is 43.3 Å². The number of nitrogens with zero attached hydrogens (tertiary/aromatic N) is 2. The fourth-order valence-electron chi connectivity index (χ4n) is 3.99. The Hall–Kier alpha value is -4.12. The average Bonchev–Trinajstić information content (AvgIpc) is 2.87. The number of nitrogens with one attached hydrogen (secondary N) is 2. The number of fused-ring (bicyclic) bond motifs is 1. The number of thioether (sulfide) groups is 1. The van der Waals surface area contributed by atoms with Crippen molar-refractivity contribution in [2.45, 2.75) is 31.5 Å². The molecule has 0 saturated carbocycles. The van der Waals surface area contributed by atoms with Crippen LogP contribution in [0.2, 0.25) is 0 Å². The summed E-state index contributed by atoms with van der Waals surface area (Å²) in [6.45, 7) is 3.94. The number of carbonyl (C=O) groups is 1. The van der Waals surface area contributed by atoms with Crippen LogP contribution in [0.1, 0.15) is 36.5 Å². The number of ether oxygens (including phenoxy) is 2. The van der Waals surface area contributed by atoms with Crippen LogP contribution in [0.15, 0.2) is 69.8 Å². The zero-order valence-corrected chi connectivity index (χ0v) is 20.7. The molecule has 2 N–H and O–H groups in total. The van der Waals surface area contributed by atoms with Crippen LogP contribution in [0.25, 0.3) is 0 Å². The number of anilines is 1. The fraction of sp³-hybridized carbons (Fsp3) is 0.240. The maximum atomic E-state index is 13.1. The number of aromatic amines is 1. The highest BCUT2D eigenvalue weighted by Crippen LogP contribution is 2.40. The van der Waals surface area contributed by atoms with Gasteiger partial charge in [0, 0.05) is 17.8 Å². The highest BCUT2D eigenvalue weighted by molar-refractivity contribution is 7.99. The summed E-state index contributed by atoms with van der Waals surface area (Å²) in [6.07, 6.45) is 0. The molecule has 0 saturated heterocycles. The lowest BCUT2D eigenvalue weighted by Crippen LogP contribution is -2.31. The summed E-state index contributed by atoms with van der Waals surface area (Å²) in [5.41, 5.74) is 2.38. The van der Waals surface area contributed by atoms with Crippen LogP contribution in [0.5, 0.6) is 5.75 Å². The molecule has 1 atom stereocenters. The predicted molar refractivity (Wildman–Crippen MR) is 135 cm³/mol. The summed E-state index contributed by atoms with van der Waals surface area (Å²) in [4.78, 5) is 43.5. The molecule has 0 amide bonds. The predicted octanol–water partition coefficient (Wildman–Crippen LogP) is 4.37. The lowest BCUT2D eigenvalue weighted by atomic mass is 9.82. The quantitative estimate of drug-likeness (QED) is 0.149. The first kappa shape index (κ1) is 25.0. The van der Waals surface area contributed by atoms with Crippen LogP contribution in [-0.4, -0.2) is 33.7 Å². The van der Waals surface area contributed by atoms with Gasteiger partial charge in [0.05, 0.1) is 29.1 Å². The third-order valence-electron chi connectivity index (χ3n) is 5.67. The Morgan fingerprint density at radius 1 is 1.17 bits per heavy atom. The Kier molecular flexibility index (Phi) is 7.39. The van der Waals surface area contributed by atoms with E-state index >= 15 is 0 Å². The van der Waals surface area contributed by atoms with Crippen LogP contribution < -0.4 is 15.6 Å². The molecule has 2 aromatic carbocycles. The second kappa shape index (κ2) is 10.6. The van der Waals surface area contributed by atoms with Gasteiger partial charge < -0.3 is 19.8 Å². The molecule has 3 aromatic rings. The first-order valence-corrected chi connectivity index (χ1v) is 12.1. The summed E-state index contributed by atoms with van der Waals surface area (Å²) in [7, 11) is 1.30. The third-order valence-corrected chi connectivity index (χ3v) is 6.43. The molecular formula is C25H24N4O6S. The molecule has 0 aliphatic carbocycles. The zero-order valence-electron chi connectivity index (χ0n) is 19.9. The van der Waals surface area contributed by atoms with Gasteiger partial charge in [0.15, 0.2) is 5.16 Å². The number of allylic oxidation sites excluding steroid dienone is 1. The number of non-ortho nitro benzene ring substituents is 1. The molecule has 36 heavy (non-hydrogen) atoms. The smallest absolute Gasteiger partial charge is 0.336 e. The highest BCUT2D eigenvalue weighted by Gasteiger charge is 2.36. The van der Waals surface area contributed by atoms with Gasteiger partial charge in [0.1, 0.15) is 18.2 Å². The molecule has 186 valence electrons. The second-order valence-corrected chi connectivity index (χ2v) is 9.19. The Labute approximate surface area is 210 Å². The zero-order chi connectivity index (χ0) is 25.8. The van der Waals surface area contributed by atoms with E-state index in [0.717, 1.165) is 11.3 Å². The van der Waals surface area contributed by atoms with Crippen molar-refractivity contribution in [3.05, 3.63) is 97.0 Å². The Morgan fingerprint density at radius 3 is 2.47 bits per heavy atom. The number of hydrogen-bond acceptors (Lipinski definition) is 9. The first-order valence-electron chi connectivity index (χ1n) is 11.1. The van der Waals surface area contributed by atoms with E-state index in [4.69, 9.17) is 9.47 Å². The van der Waals surface area contributed by atoms with Crippen LogP contribution >= 0.6 is 11.8 Å². The molecule has 1 aromatic heterocycles. The molecule has 1 unspecified atom stereocenters. The Balaban J connectivity index is 1.64. The maximum absolute atomic E-state index is 13.1. The van der Waals surface area contributed by atoms with E-state index in [2.05, 4.69) is 15.3 Å². The lowest BCUT2D eigenvalue weighted by molar-refractivity contribution is -0.384. The molecule has 2 heterocycles. The van der Waals surface area contributed by atoms with Gasteiger partial charge in [-0.2, -0.15) is 0 Å². The van der Waals surface area contributed by atoms with Crippen LogP contribution in [0.4, 0.5) is 11.5 Å². The second-order valence-electron chi connectivity index (χ2n) is 7.94. The normalized spacial score (nSPS) is 14.6. The van der Waals surface area contributed by atoms with Crippen molar-refractivity contribution in [1.82, 2.24) is 9.97 Å². The number of hydrogen-bond donors (Lipinski definition) is 2. The topological polar surface area (TPSA) is 136 Å². The fourth-order valence-corrected chi connectivity index (χ4v) is 4.58. The van der Waals surface area contributed by atoms with Crippen molar-refractivity contribution in [3.8, 4) is 5.75 Å². The third kappa shape index (κ3) is 5.10. The number of aromatic nitrogens is 2. The summed E-state index contributed by atoms with van der Waals surface area (Å²) < 4.78 is 10.8. The van der Waals surface area contributed by atoms with E-state index in [-0.39, 0.29) is 17.9 Å². The SMILES string of the molecule is CCSc1nc2c(c(=O)[nH]1)C(c1ccc(OCc3ccc([N+](=O)[O-])cc3)cc1)C(C(=O)OC)=C(C)N2. The number of nitro groups is 1. The maximum Gasteiger partial charge on any atom is 0.336 e. The number of methoxy groups -OCH3 is 1. The number of rotatable bonds is 8. The van der Waals surface area contributed by atoms with Gasteiger partial charge >= 0.3 is 5.97 Å². The van der Waals surface area contributed by atoms with Crippen LogP contribution in [0.3, 0.4) is 0 Å². The van der Waals surface area contributed by atoms with Crippen molar-refractivity contribution in [2.75, 3.05) is 18.2 Å². The molecule has 11 heteroatoms.